The normalized spacial score (nSPS) is 15.1. The van der Waals surface area contributed by atoms with Gasteiger partial charge in [0.15, 0.2) is 0 Å². The zero-order valence-electron chi connectivity index (χ0n) is 13.7. The molecule has 126 valence electrons. The molecule has 4 nitrogen and oxygen atoms in total. The minimum absolute atomic E-state index is 0.226. The van der Waals surface area contributed by atoms with E-state index in [-0.39, 0.29) is 17.6 Å². The summed E-state index contributed by atoms with van der Waals surface area (Å²) in [4.78, 5) is 0. The van der Waals surface area contributed by atoms with E-state index in [9.17, 15) is 4.39 Å². The van der Waals surface area contributed by atoms with Crippen molar-refractivity contribution in [3.05, 3.63) is 59.4 Å². The lowest BCUT2D eigenvalue weighted by Crippen LogP contribution is -2.34. The Morgan fingerprint density at radius 1 is 1.21 bits per heavy atom. The van der Waals surface area contributed by atoms with E-state index in [1.165, 1.54) is 12.1 Å². The first-order valence-electron chi connectivity index (χ1n) is 8.21. The molecule has 0 unspecified atom stereocenters. The molecule has 5 heteroatoms. The maximum absolute atomic E-state index is 13.4. The molecule has 0 spiro atoms. The Kier molecular flexibility index (Phi) is 5.11. The van der Waals surface area contributed by atoms with Crippen molar-refractivity contribution in [1.29, 1.82) is 5.41 Å². The molecule has 3 rings (SSSR count). The number of hydrogen-bond donors (Lipinski definition) is 3. The largest absolute Gasteiger partial charge is 0.490 e. The van der Waals surface area contributed by atoms with Gasteiger partial charge in [0, 0.05) is 29.9 Å². The molecular formula is C19H22FN3O. The number of rotatable bonds is 5. The van der Waals surface area contributed by atoms with E-state index in [0.717, 1.165) is 42.9 Å². The fourth-order valence-electron chi connectivity index (χ4n) is 2.93. The van der Waals surface area contributed by atoms with Gasteiger partial charge in [0.1, 0.15) is 17.7 Å². The Morgan fingerprint density at radius 3 is 2.71 bits per heavy atom. The molecule has 1 aliphatic rings. The van der Waals surface area contributed by atoms with Gasteiger partial charge >= 0.3 is 0 Å². The van der Waals surface area contributed by atoms with Crippen LogP contribution in [0.3, 0.4) is 0 Å². The minimum Gasteiger partial charge on any atom is -0.490 e. The zero-order valence-corrected chi connectivity index (χ0v) is 13.7. The van der Waals surface area contributed by atoms with Crippen molar-refractivity contribution in [3.8, 4) is 5.75 Å². The molecule has 1 aliphatic heterocycles. The summed E-state index contributed by atoms with van der Waals surface area (Å²) in [7, 11) is 1.81. The van der Waals surface area contributed by atoms with Crippen molar-refractivity contribution in [3.63, 3.8) is 0 Å². The molecule has 1 heterocycles. The van der Waals surface area contributed by atoms with Crippen LogP contribution in [-0.4, -0.2) is 32.0 Å². The summed E-state index contributed by atoms with van der Waals surface area (Å²) in [5, 5.41) is 14.8. The topological polar surface area (TPSA) is 57.1 Å². The Bertz CT molecular complexity index is 726. The molecule has 0 radical (unpaired) electrons. The van der Waals surface area contributed by atoms with Crippen molar-refractivity contribution in [2.75, 3.05) is 25.5 Å². The maximum atomic E-state index is 13.4. The highest BCUT2D eigenvalue weighted by Crippen LogP contribution is 2.26. The lowest BCUT2D eigenvalue weighted by molar-refractivity contribution is 0.162. The Labute approximate surface area is 141 Å². The summed E-state index contributed by atoms with van der Waals surface area (Å²) in [6, 6.07) is 11.8. The quantitative estimate of drug-likeness (QED) is 0.738. The first-order valence-corrected chi connectivity index (χ1v) is 8.21. The van der Waals surface area contributed by atoms with Crippen molar-refractivity contribution in [2.45, 2.75) is 18.9 Å². The van der Waals surface area contributed by atoms with Crippen LogP contribution in [-0.2, 0) is 0 Å². The van der Waals surface area contributed by atoms with Crippen molar-refractivity contribution in [1.82, 2.24) is 5.32 Å². The predicted molar refractivity (Wildman–Crippen MR) is 94.8 cm³/mol. The first kappa shape index (κ1) is 16.5. The van der Waals surface area contributed by atoms with Crippen LogP contribution in [0, 0.1) is 11.2 Å². The van der Waals surface area contributed by atoms with Gasteiger partial charge in [-0.2, -0.15) is 0 Å². The van der Waals surface area contributed by atoms with E-state index >= 15 is 0 Å². The summed E-state index contributed by atoms with van der Waals surface area (Å²) < 4.78 is 19.5. The number of benzene rings is 2. The number of piperidine rings is 1. The average molecular weight is 327 g/mol. The van der Waals surface area contributed by atoms with E-state index in [2.05, 4.69) is 10.6 Å². The number of halogens is 1. The van der Waals surface area contributed by atoms with Crippen LogP contribution in [0.4, 0.5) is 10.1 Å². The van der Waals surface area contributed by atoms with Gasteiger partial charge in [-0.05, 0) is 50.2 Å². The van der Waals surface area contributed by atoms with Crippen LogP contribution in [0.25, 0.3) is 0 Å². The SMILES string of the molecule is CNc1cc(OC2CCNCC2)ccc1C(=N)c1cccc(F)c1. The summed E-state index contributed by atoms with van der Waals surface area (Å²) in [6.07, 6.45) is 2.22. The Balaban J connectivity index is 1.82. The molecule has 1 saturated heterocycles. The highest BCUT2D eigenvalue weighted by atomic mass is 19.1. The van der Waals surface area contributed by atoms with Crippen LogP contribution in [0.5, 0.6) is 5.75 Å². The van der Waals surface area contributed by atoms with E-state index in [1.54, 1.807) is 12.1 Å². The van der Waals surface area contributed by atoms with Crippen LogP contribution in [0.1, 0.15) is 24.0 Å². The van der Waals surface area contributed by atoms with E-state index in [1.807, 2.05) is 25.2 Å². The lowest BCUT2D eigenvalue weighted by atomic mass is 10.0. The van der Waals surface area contributed by atoms with Gasteiger partial charge in [0.2, 0.25) is 0 Å². The van der Waals surface area contributed by atoms with Crippen LogP contribution in [0.15, 0.2) is 42.5 Å². The van der Waals surface area contributed by atoms with E-state index < -0.39 is 0 Å². The van der Waals surface area contributed by atoms with Crippen molar-refractivity contribution in [2.24, 2.45) is 0 Å². The lowest BCUT2D eigenvalue weighted by Gasteiger charge is -2.24. The molecule has 0 aliphatic carbocycles. The van der Waals surface area contributed by atoms with Gasteiger partial charge in [0.25, 0.3) is 0 Å². The molecule has 0 amide bonds. The second-order valence-electron chi connectivity index (χ2n) is 5.91. The molecule has 0 atom stereocenters. The fourth-order valence-corrected chi connectivity index (χ4v) is 2.93. The molecule has 3 N–H and O–H groups in total. The standard InChI is InChI=1S/C19H22FN3O/c1-22-18-12-16(24-15-7-9-23-10-8-15)5-6-17(18)19(21)13-3-2-4-14(20)11-13/h2-6,11-12,15,21-23H,7-10H2,1H3. The third-order valence-electron chi connectivity index (χ3n) is 4.23. The first-order chi connectivity index (χ1) is 11.7. The smallest absolute Gasteiger partial charge is 0.123 e. The predicted octanol–water partition coefficient (Wildman–Crippen LogP) is 3.41. The van der Waals surface area contributed by atoms with Crippen LogP contribution >= 0.6 is 0 Å². The minimum atomic E-state index is -0.339. The molecular weight excluding hydrogens is 305 g/mol. The van der Waals surface area contributed by atoms with Crippen molar-refractivity contribution < 1.29 is 9.13 Å². The maximum Gasteiger partial charge on any atom is 0.123 e. The molecule has 1 fully saturated rings. The molecule has 0 bridgehead atoms. The number of hydrogen-bond acceptors (Lipinski definition) is 4. The summed E-state index contributed by atoms with van der Waals surface area (Å²) in [6.45, 7) is 1.96. The highest BCUT2D eigenvalue weighted by molar-refractivity contribution is 6.14. The average Bonchev–Trinajstić information content (AvgIpc) is 2.62. The number of anilines is 1. The Hall–Kier alpha value is -2.40. The van der Waals surface area contributed by atoms with Crippen LogP contribution in [0.2, 0.25) is 0 Å². The molecule has 0 aromatic heterocycles. The van der Waals surface area contributed by atoms with Gasteiger partial charge < -0.3 is 15.4 Å². The van der Waals surface area contributed by atoms with Crippen LogP contribution < -0.4 is 15.4 Å². The van der Waals surface area contributed by atoms with Gasteiger partial charge in [-0.15, -0.1) is 0 Å². The number of ether oxygens (including phenoxy) is 1. The number of nitrogens with one attached hydrogen (secondary N) is 3. The zero-order chi connectivity index (χ0) is 16.9. The molecule has 2 aromatic rings. The Morgan fingerprint density at radius 2 is 2.00 bits per heavy atom. The van der Waals surface area contributed by atoms with Gasteiger partial charge in [0.05, 0.1) is 5.71 Å². The van der Waals surface area contributed by atoms with Gasteiger partial charge in [-0.1, -0.05) is 12.1 Å². The fraction of sp³-hybridized carbons (Fsp3) is 0.316. The van der Waals surface area contributed by atoms with E-state index in [0.29, 0.717) is 5.56 Å². The monoisotopic (exact) mass is 327 g/mol. The van der Waals surface area contributed by atoms with E-state index in [4.69, 9.17) is 10.1 Å². The molecule has 0 saturated carbocycles. The second kappa shape index (κ2) is 7.45. The summed E-state index contributed by atoms with van der Waals surface area (Å²) in [5.74, 6) is 0.455. The highest BCUT2D eigenvalue weighted by Gasteiger charge is 2.16. The third-order valence-corrected chi connectivity index (χ3v) is 4.23. The van der Waals surface area contributed by atoms with Gasteiger partial charge in [-0.25, -0.2) is 4.39 Å². The molecule has 24 heavy (non-hydrogen) atoms. The van der Waals surface area contributed by atoms with Crippen molar-refractivity contribution >= 4 is 11.4 Å². The molecule has 2 aromatic carbocycles. The second-order valence-corrected chi connectivity index (χ2v) is 5.91. The van der Waals surface area contributed by atoms with Gasteiger partial charge in [-0.3, -0.25) is 5.41 Å². The summed E-state index contributed by atoms with van der Waals surface area (Å²) in [5.41, 5.74) is 2.36. The third kappa shape index (κ3) is 3.74. The summed E-state index contributed by atoms with van der Waals surface area (Å²) >= 11 is 0.